The Morgan fingerprint density at radius 2 is 1.86 bits per heavy atom. The first-order chi connectivity index (χ1) is 14.2. The third-order valence-electron chi connectivity index (χ3n) is 5.59. The summed E-state index contributed by atoms with van der Waals surface area (Å²) in [5.74, 6) is 1.72. The van der Waals surface area contributed by atoms with Gasteiger partial charge in [-0.05, 0) is 24.1 Å². The van der Waals surface area contributed by atoms with Crippen LogP contribution in [0.1, 0.15) is 17.1 Å². The number of ether oxygens (including phenoxy) is 2. The minimum absolute atomic E-state index is 0.172. The van der Waals surface area contributed by atoms with Gasteiger partial charge in [0.05, 0.1) is 31.7 Å². The lowest BCUT2D eigenvalue weighted by Gasteiger charge is -2.26. The van der Waals surface area contributed by atoms with Crippen molar-refractivity contribution < 1.29 is 9.47 Å². The molecule has 1 aliphatic heterocycles. The summed E-state index contributed by atoms with van der Waals surface area (Å²) in [6.45, 7) is 2.30. The van der Waals surface area contributed by atoms with Gasteiger partial charge in [0, 0.05) is 35.8 Å². The van der Waals surface area contributed by atoms with Gasteiger partial charge in [0.1, 0.15) is 5.82 Å². The quantitative estimate of drug-likeness (QED) is 0.560. The first-order valence-corrected chi connectivity index (χ1v) is 9.62. The van der Waals surface area contributed by atoms with Gasteiger partial charge in [-0.3, -0.25) is 9.69 Å². The zero-order valence-corrected chi connectivity index (χ0v) is 16.4. The van der Waals surface area contributed by atoms with Gasteiger partial charge in [0.2, 0.25) is 0 Å². The zero-order chi connectivity index (χ0) is 20.0. The molecule has 0 spiro atoms. The number of aromatic nitrogens is 3. The molecular formula is C22H22N4O3. The number of aromatic amines is 2. The smallest absolute Gasteiger partial charge is 0.258 e. The van der Waals surface area contributed by atoms with E-state index in [9.17, 15) is 4.79 Å². The molecule has 0 saturated heterocycles. The highest BCUT2D eigenvalue weighted by molar-refractivity contribution is 5.85. The van der Waals surface area contributed by atoms with E-state index in [1.807, 2.05) is 0 Å². The van der Waals surface area contributed by atoms with Crippen molar-refractivity contribution in [3.63, 3.8) is 0 Å². The lowest BCUT2D eigenvalue weighted by molar-refractivity contribution is 0.237. The normalized spacial score (nSPS) is 14.3. The SMILES string of the molecule is COc1cc2nc(CN3CCc4c([nH]c5ccccc45)C3)[nH]c(=O)c2cc1OC. The predicted octanol–water partition coefficient (Wildman–Crippen LogP) is 2.98. The number of nitrogens with one attached hydrogen (secondary N) is 2. The number of methoxy groups -OCH3 is 2. The Labute approximate surface area is 167 Å². The maximum absolute atomic E-state index is 12.6. The summed E-state index contributed by atoms with van der Waals surface area (Å²) >= 11 is 0. The first kappa shape index (κ1) is 17.8. The van der Waals surface area contributed by atoms with E-state index < -0.39 is 0 Å². The van der Waals surface area contributed by atoms with E-state index in [0.29, 0.717) is 34.8 Å². The zero-order valence-electron chi connectivity index (χ0n) is 16.4. The molecule has 0 amide bonds. The topological polar surface area (TPSA) is 83.2 Å². The van der Waals surface area contributed by atoms with Crippen LogP contribution in [0.4, 0.5) is 0 Å². The van der Waals surface area contributed by atoms with Crippen LogP contribution in [0.2, 0.25) is 0 Å². The summed E-state index contributed by atoms with van der Waals surface area (Å²) < 4.78 is 10.6. The maximum Gasteiger partial charge on any atom is 0.258 e. The Morgan fingerprint density at radius 1 is 1.07 bits per heavy atom. The van der Waals surface area contributed by atoms with Crippen molar-refractivity contribution in [2.24, 2.45) is 0 Å². The van der Waals surface area contributed by atoms with E-state index in [1.54, 1.807) is 26.4 Å². The van der Waals surface area contributed by atoms with E-state index in [4.69, 9.17) is 9.47 Å². The fourth-order valence-corrected chi connectivity index (χ4v) is 4.18. The van der Waals surface area contributed by atoms with Crippen LogP contribution >= 0.6 is 0 Å². The van der Waals surface area contributed by atoms with Gasteiger partial charge in [0.25, 0.3) is 5.56 Å². The summed E-state index contributed by atoms with van der Waals surface area (Å²) in [5, 5.41) is 1.79. The number of hydrogen-bond donors (Lipinski definition) is 2. The summed E-state index contributed by atoms with van der Waals surface area (Å²) in [5.41, 5.74) is 4.25. The van der Waals surface area contributed by atoms with Crippen molar-refractivity contribution in [2.75, 3.05) is 20.8 Å². The summed E-state index contributed by atoms with van der Waals surface area (Å²) in [4.78, 5) is 26.0. The van der Waals surface area contributed by atoms with Gasteiger partial charge in [0.15, 0.2) is 11.5 Å². The Kier molecular flexibility index (Phi) is 4.24. The second-order valence-corrected chi connectivity index (χ2v) is 7.33. The minimum Gasteiger partial charge on any atom is -0.493 e. The molecule has 2 aromatic heterocycles. The molecule has 148 valence electrons. The van der Waals surface area contributed by atoms with Crippen molar-refractivity contribution in [1.29, 1.82) is 0 Å². The van der Waals surface area contributed by atoms with Crippen molar-refractivity contribution in [3.8, 4) is 11.5 Å². The number of rotatable bonds is 4. The Balaban J connectivity index is 1.45. The van der Waals surface area contributed by atoms with Crippen LogP contribution in [0.3, 0.4) is 0 Å². The van der Waals surface area contributed by atoms with Crippen molar-refractivity contribution >= 4 is 21.8 Å². The molecule has 29 heavy (non-hydrogen) atoms. The van der Waals surface area contributed by atoms with Crippen molar-refractivity contribution in [1.82, 2.24) is 19.9 Å². The predicted molar refractivity (Wildman–Crippen MR) is 112 cm³/mol. The molecule has 1 aliphatic rings. The second-order valence-electron chi connectivity index (χ2n) is 7.33. The average molecular weight is 390 g/mol. The van der Waals surface area contributed by atoms with Crippen LogP contribution < -0.4 is 15.0 Å². The lowest BCUT2D eigenvalue weighted by Crippen LogP contribution is -2.31. The van der Waals surface area contributed by atoms with E-state index in [0.717, 1.165) is 19.5 Å². The van der Waals surface area contributed by atoms with Crippen LogP contribution in [-0.4, -0.2) is 40.6 Å². The van der Waals surface area contributed by atoms with Crippen LogP contribution in [0.15, 0.2) is 41.2 Å². The Morgan fingerprint density at radius 3 is 2.69 bits per heavy atom. The number of benzene rings is 2. The van der Waals surface area contributed by atoms with E-state index >= 15 is 0 Å². The third-order valence-corrected chi connectivity index (χ3v) is 5.59. The summed E-state index contributed by atoms with van der Waals surface area (Å²) in [6, 6.07) is 11.8. The molecule has 0 radical (unpaired) electrons. The average Bonchev–Trinajstić information content (AvgIpc) is 3.10. The highest BCUT2D eigenvalue weighted by atomic mass is 16.5. The molecule has 0 fully saturated rings. The minimum atomic E-state index is -0.172. The molecule has 3 heterocycles. The van der Waals surface area contributed by atoms with Crippen LogP contribution in [0, 0.1) is 0 Å². The van der Waals surface area contributed by atoms with Crippen molar-refractivity contribution in [3.05, 3.63) is 63.8 Å². The molecule has 0 saturated carbocycles. The second kappa shape index (κ2) is 6.93. The molecule has 0 atom stereocenters. The van der Waals surface area contributed by atoms with Gasteiger partial charge >= 0.3 is 0 Å². The number of hydrogen-bond acceptors (Lipinski definition) is 5. The molecule has 0 unspecified atom stereocenters. The number of para-hydroxylation sites is 1. The molecule has 2 aromatic carbocycles. The van der Waals surface area contributed by atoms with Crippen LogP contribution in [-0.2, 0) is 19.5 Å². The molecule has 7 nitrogen and oxygen atoms in total. The largest absolute Gasteiger partial charge is 0.493 e. The van der Waals surface area contributed by atoms with Crippen LogP contribution in [0.5, 0.6) is 11.5 Å². The molecule has 7 heteroatoms. The Hall–Kier alpha value is -3.32. The molecule has 0 bridgehead atoms. The molecule has 5 rings (SSSR count). The number of H-pyrrole nitrogens is 2. The van der Waals surface area contributed by atoms with Gasteiger partial charge in [-0.1, -0.05) is 18.2 Å². The molecule has 4 aromatic rings. The summed E-state index contributed by atoms with van der Waals surface area (Å²) in [6.07, 6.45) is 0.974. The monoisotopic (exact) mass is 390 g/mol. The van der Waals surface area contributed by atoms with Crippen molar-refractivity contribution in [2.45, 2.75) is 19.5 Å². The molecular weight excluding hydrogens is 368 g/mol. The summed E-state index contributed by atoms with van der Waals surface area (Å²) in [7, 11) is 3.12. The molecule has 0 aliphatic carbocycles. The van der Waals surface area contributed by atoms with E-state index in [1.165, 1.54) is 22.2 Å². The standard InChI is InChI=1S/C22H22N4O3/c1-28-19-9-15-17(10-20(19)29-2)24-21(25-22(15)27)12-26-8-7-14-13-5-3-4-6-16(13)23-18(14)11-26/h3-6,9-10,23H,7-8,11-12H2,1-2H3,(H,24,25,27). The maximum atomic E-state index is 12.6. The van der Waals surface area contributed by atoms with Gasteiger partial charge < -0.3 is 19.4 Å². The van der Waals surface area contributed by atoms with E-state index in [2.05, 4.69) is 44.1 Å². The lowest BCUT2D eigenvalue weighted by atomic mass is 10.0. The third kappa shape index (κ3) is 3.03. The highest BCUT2D eigenvalue weighted by Gasteiger charge is 2.21. The van der Waals surface area contributed by atoms with E-state index in [-0.39, 0.29) is 5.56 Å². The fourth-order valence-electron chi connectivity index (χ4n) is 4.18. The molecule has 2 N–H and O–H groups in total. The van der Waals surface area contributed by atoms with Crippen LogP contribution in [0.25, 0.3) is 21.8 Å². The van der Waals surface area contributed by atoms with Gasteiger partial charge in [-0.2, -0.15) is 0 Å². The highest BCUT2D eigenvalue weighted by Crippen LogP contribution is 2.30. The first-order valence-electron chi connectivity index (χ1n) is 9.62. The number of fused-ring (bicyclic) bond motifs is 4. The number of nitrogens with zero attached hydrogens (tertiary/aromatic N) is 2. The van der Waals surface area contributed by atoms with Gasteiger partial charge in [-0.25, -0.2) is 4.98 Å². The Bertz CT molecular complexity index is 1270. The fraction of sp³-hybridized carbons (Fsp3) is 0.273. The van der Waals surface area contributed by atoms with Gasteiger partial charge in [-0.15, -0.1) is 0 Å².